The second-order valence-corrected chi connectivity index (χ2v) is 4.35. The smallest absolute Gasteiger partial charge is 0.141 e. The van der Waals surface area contributed by atoms with Gasteiger partial charge in [0.15, 0.2) is 0 Å². The zero-order chi connectivity index (χ0) is 10.3. The molecule has 0 unspecified atom stereocenters. The lowest BCUT2D eigenvalue weighted by molar-refractivity contribution is -0.129. The second kappa shape index (κ2) is 7.13. The van der Waals surface area contributed by atoms with Gasteiger partial charge in [-0.3, -0.25) is 9.59 Å². The number of carbonyl (C=O) groups excluding carboxylic acids is 2. The van der Waals surface area contributed by atoms with Gasteiger partial charge in [0.1, 0.15) is 11.6 Å². The Morgan fingerprint density at radius 1 is 1.23 bits per heavy atom. The van der Waals surface area contributed by atoms with Crippen LogP contribution in [0.2, 0.25) is 0 Å². The third-order valence-electron chi connectivity index (χ3n) is 1.91. The molecule has 0 aromatic rings. The van der Waals surface area contributed by atoms with E-state index < -0.39 is 0 Å². The van der Waals surface area contributed by atoms with Crippen molar-refractivity contribution in [1.82, 2.24) is 0 Å². The summed E-state index contributed by atoms with van der Waals surface area (Å²) in [6.45, 7) is 5.12. The fourth-order valence-corrected chi connectivity index (χ4v) is 2.33. The molecule has 0 bridgehead atoms. The molecule has 76 valence electrons. The lowest BCUT2D eigenvalue weighted by Crippen LogP contribution is -2.21. The highest BCUT2D eigenvalue weighted by molar-refractivity contribution is 7.99. The summed E-state index contributed by atoms with van der Waals surface area (Å²) in [6.07, 6.45) is 2.32. The highest BCUT2D eigenvalue weighted by Gasteiger charge is 2.18. The van der Waals surface area contributed by atoms with Crippen LogP contribution in [-0.4, -0.2) is 23.1 Å². The van der Waals surface area contributed by atoms with E-state index in [-0.39, 0.29) is 17.5 Å². The second-order valence-electron chi connectivity index (χ2n) is 3.20. The summed E-state index contributed by atoms with van der Waals surface area (Å²) < 4.78 is 0. The van der Waals surface area contributed by atoms with Gasteiger partial charge in [-0.15, -0.1) is 0 Å². The number of hydrogen-bond acceptors (Lipinski definition) is 3. The van der Waals surface area contributed by atoms with E-state index in [1.54, 1.807) is 11.8 Å². The summed E-state index contributed by atoms with van der Waals surface area (Å²) in [7, 11) is 0. The van der Waals surface area contributed by atoms with Crippen LogP contribution in [0.4, 0.5) is 0 Å². The first-order chi connectivity index (χ1) is 6.09. The Hall–Kier alpha value is -0.310. The van der Waals surface area contributed by atoms with Crippen molar-refractivity contribution in [3.63, 3.8) is 0 Å². The first-order valence-electron chi connectivity index (χ1n) is 4.68. The fraction of sp³-hybridized carbons (Fsp3) is 0.800. The first kappa shape index (κ1) is 12.7. The molecule has 0 saturated carbocycles. The van der Waals surface area contributed by atoms with Gasteiger partial charge in [-0.1, -0.05) is 13.3 Å². The largest absolute Gasteiger partial charge is 0.299 e. The van der Waals surface area contributed by atoms with Crippen LogP contribution in [0.5, 0.6) is 0 Å². The molecule has 0 aliphatic rings. The van der Waals surface area contributed by atoms with Crippen molar-refractivity contribution < 1.29 is 9.59 Å². The van der Waals surface area contributed by atoms with Crippen molar-refractivity contribution in [2.45, 2.75) is 33.6 Å². The third kappa shape index (κ3) is 5.86. The van der Waals surface area contributed by atoms with Crippen LogP contribution in [0.1, 0.15) is 33.6 Å². The number of rotatable bonds is 7. The van der Waals surface area contributed by atoms with Gasteiger partial charge in [0.05, 0.1) is 5.92 Å². The lowest BCUT2D eigenvalue weighted by atomic mass is 10.0. The molecule has 0 N–H and O–H groups in total. The third-order valence-corrected chi connectivity index (χ3v) is 3.05. The molecule has 2 nitrogen and oxygen atoms in total. The average Bonchev–Trinajstić information content (AvgIpc) is 2.02. The normalized spacial score (nSPS) is 10.5. The molecule has 0 aromatic carbocycles. The predicted molar refractivity (Wildman–Crippen MR) is 57.1 cm³/mol. The van der Waals surface area contributed by atoms with Gasteiger partial charge in [-0.05, 0) is 26.0 Å². The Labute approximate surface area is 84.5 Å². The molecule has 0 fully saturated rings. The van der Waals surface area contributed by atoms with E-state index >= 15 is 0 Å². The first-order valence-corrected chi connectivity index (χ1v) is 5.83. The maximum Gasteiger partial charge on any atom is 0.141 e. The molecule has 0 heterocycles. The van der Waals surface area contributed by atoms with Gasteiger partial charge in [-0.2, -0.15) is 11.8 Å². The van der Waals surface area contributed by atoms with E-state index in [0.717, 1.165) is 18.6 Å². The molecule has 0 rings (SSSR count). The number of carbonyl (C=O) groups is 2. The van der Waals surface area contributed by atoms with Crippen LogP contribution in [0.15, 0.2) is 0 Å². The van der Waals surface area contributed by atoms with Crippen LogP contribution >= 0.6 is 11.8 Å². The Bertz CT molecular complexity index is 164. The van der Waals surface area contributed by atoms with E-state index in [2.05, 4.69) is 6.92 Å². The molecule has 3 heteroatoms. The average molecular weight is 202 g/mol. The Kier molecular flexibility index (Phi) is 6.96. The molecule has 0 radical (unpaired) electrons. The molecule has 0 spiro atoms. The van der Waals surface area contributed by atoms with Gasteiger partial charge in [0.25, 0.3) is 0 Å². The van der Waals surface area contributed by atoms with Crippen molar-refractivity contribution in [2.24, 2.45) is 5.92 Å². The SMILES string of the molecule is CCCCSCC(C(C)=O)C(C)=O. The van der Waals surface area contributed by atoms with Crippen LogP contribution < -0.4 is 0 Å². The van der Waals surface area contributed by atoms with Crippen LogP contribution in [0.3, 0.4) is 0 Å². The van der Waals surface area contributed by atoms with Crippen molar-refractivity contribution >= 4 is 23.3 Å². The zero-order valence-corrected chi connectivity index (χ0v) is 9.45. The van der Waals surface area contributed by atoms with E-state index in [4.69, 9.17) is 0 Å². The Balaban J connectivity index is 3.71. The zero-order valence-electron chi connectivity index (χ0n) is 8.63. The fourth-order valence-electron chi connectivity index (χ4n) is 0.969. The van der Waals surface area contributed by atoms with Crippen molar-refractivity contribution in [2.75, 3.05) is 11.5 Å². The van der Waals surface area contributed by atoms with Crippen LogP contribution in [0.25, 0.3) is 0 Å². The van der Waals surface area contributed by atoms with Crippen molar-refractivity contribution in [1.29, 1.82) is 0 Å². The van der Waals surface area contributed by atoms with Crippen molar-refractivity contribution in [3.8, 4) is 0 Å². The Morgan fingerprint density at radius 2 is 1.77 bits per heavy atom. The van der Waals surface area contributed by atoms with Gasteiger partial charge >= 0.3 is 0 Å². The molecule has 0 saturated heterocycles. The molecule has 0 atom stereocenters. The van der Waals surface area contributed by atoms with Gasteiger partial charge in [0, 0.05) is 5.75 Å². The molecule has 0 amide bonds. The van der Waals surface area contributed by atoms with E-state index in [1.165, 1.54) is 13.8 Å². The van der Waals surface area contributed by atoms with E-state index in [1.807, 2.05) is 0 Å². The highest BCUT2D eigenvalue weighted by Crippen LogP contribution is 2.12. The van der Waals surface area contributed by atoms with Gasteiger partial charge in [-0.25, -0.2) is 0 Å². The Morgan fingerprint density at radius 3 is 2.15 bits per heavy atom. The van der Waals surface area contributed by atoms with Gasteiger partial charge < -0.3 is 0 Å². The molecule has 13 heavy (non-hydrogen) atoms. The predicted octanol–water partition coefficient (Wildman–Crippen LogP) is 2.31. The summed E-state index contributed by atoms with van der Waals surface area (Å²) in [5.74, 6) is 1.33. The number of ketones is 2. The molecular weight excluding hydrogens is 184 g/mol. The summed E-state index contributed by atoms with van der Waals surface area (Å²) in [5.41, 5.74) is 0. The molecular formula is C10H18O2S. The molecule has 0 aliphatic carbocycles. The molecule has 0 aromatic heterocycles. The monoisotopic (exact) mass is 202 g/mol. The minimum atomic E-state index is -0.373. The van der Waals surface area contributed by atoms with Crippen LogP contribution in [0, 0.1) is 5.92 Å². The van der Waals surface area contributed by atoms with E-state index in [9.17, 15) is 9.59 Å². The number of Topliss-reactive ketones (excluding diaryl/α,β-unsaturated/α-hetero) is 2. The summed E-state index contributed by atoms with van der Waals surface area (Å²) in [6, 6.07) is 0. The minimum Gasteiger partial charge on any atom is -0.299 e. The van der Waals surface area contributed by atoms with Gasteiger partial charge in [0.2, 0.25) is 0 Å². The highest BCUT2D eigenvalue weighted by atomic mass is 32.2. The number of unbranched alkanes of at least 4 members (excludes halogenated alkanes) is 1. The maximum absolute atomic E-state index is 11.0. The van der Waals surface area contributed by atoms with Crippen LogP contribution in [-0.2, 0) is 9.59 Å². The summed E-state index contributed by atoms with van der Waals surface area (Å²) >= 11 is 1.70. The molecule has 0 aliphatic heterocycles. The minimum absolute atomic E-state index is 0.00324. The number of hydrogen-bond donors (Lipinski definition) is 0. The lowest BCUT2D eigenvalue weighted by Gasteiger charge is -2.08. The van der Waals surface area contributed by atoms with Crippen molar-refractivity contribution in [3.05, 3.63) is 0 Å². The summed E-state index contributed by atoms with van der Waals surface area (Å²) in [5, 5.41) is 0. The maximum atomic E-state index is 11.0. The quantitative estimate of drug-likeness (QED) is 0.469. The standard InChI is InChI=1S/C10H18O2S/c1-4-5-6-13-7-10(8(2)11)9(3)12/h10H,4-7H2,1-3H3. The summed E-state index contributed by atoms with van der Waals surface area (Å²) in [4.78, 5) is 22.0. The number of thioether (sulfide) groups is 1. The van der Waals surface area contributed by atoms with E-state index in [0.29, 0.717) is 5.75 Å². The topological polar surface area (TPSA) is 34.1 Å².